The molecule has 0 bridgehead atoms. The average molecular weight is 376 g/mol. The van der Waals surface area contributed by atoms with Crippen LogP contribution >= 0.6 is 0 Å². The van der Waals surface area contributed by atoms with Crippen LogP contribution in [0.2, 0.25) is 0 Å². The number of fused-ring (bicyclic) bond motifs is 1. The summed E-state index contributed by atoms with van der Waals surface area (Å²) in [5.41, 5.74) is 1.67. The van der Waals surface area contributed by atoms with Gasteiger partial charge < -0.3 is 14.0 Å². The molecule has 5 nitrogen and oxygen atoms in total. The number of rotatable bonds is 5. The molecule has 0 aliphatic carbocycles. The third-order valence-corrected chi connectivity index (χ3v) is 6.95. The smallest absolute Gasteiger partial charge is 0.270 e. The molecule has 26 heavy (non-hydrogen) atoms. The normalized spacial score (nSPS) is 17.6. The van der Waals surface area contributed by atoms with Gasteiger partial charge in [0.15, 0.2) is 4.90 Å². The van der Waals surface area contributed by atoms with Crippen molar-refractivity contribution in [1.29, 1.82) is 0 Å². The number of nitrogens with zero attached hydrogens (tertiary/aromatic N) is 3. The van der Waals surface area contributed by atoms with E-state index in [9.17, 15) is 9.35 Å². The fourth-order valence-electron chi connectivity index (χ4n) is 3.61. The standard InChI is InChI=1S/C20H29N3O2S/c1-5-22(6-2)20(24)19-14-16-13-17(7-8-18(16)21(19)4)26(25)23-11-9-15(3)10-12-23/h7-8,13-15H,5-6,9-12H2,1-4H3. The van der Waals surface area contributed by atoms with Gasteiger partial charge in [-0.05, 0) is 50.8 Å². The van der Waals surface area contributed by atoms with Crippen molar-refractivity contribution >= 4 is 28.2 Å². The number of benzene rings is 1. The SMILES string of the molecule is CCN(CC)C(=O)c1cc2cc([S+]([O-])N3CCC(C)CC3)ccc2n1C. The Labute approximate surface area is 159 Å². The molecule has 1 amide bonds. The second-order valence-electron chi connectivity index (χ2n) is 7.15. The van der Waals surface area contributed by atoms with Crippen LogP contribution in [0.15, 0.2) is 29.2 Å². The Morgan fingerprint density at radius 2 is 1.88 bits per heavy atom. The Bertz CT molecular complexity index is 777. The lowest BCUT2D eigenvalue weighted by atomic mass is 10.0. The van der Waals surface area contributed by atoms with E-state index in [1.165, 1.54) is 0 Å². The van der Waals surface area contributed by atoms with Gasteiger partial charge in [-0.3, -0.25) is 4.79 Å². The van der Waals surface area contributed by atoms with Gasteiger partial charge in [-0.2, -0.15) is 0 Å². The van der Waals surface area contributed by atoms with E-state index >= 15 is 0 Å². The summed E-state index contributed by atoms with van der Waals surface area (Å²) in [6.45, 7) is 9.39. The molecule has 1 aromatic carbocycles. The Morgan fingerprint density at radius 1 is 1.23 bits per heavy atom. The summed E-state index contributed by atoms with van der Waals surface area (Å²) in [5.74, 6) is 0.759. The molecule has 1 aliphatic rings. The molecule has 0 radical (unpaired) electrons. The molecular weight excluding hydrogens is 346 g/mol. The quantitative estimate of drug-likeness (QED) is 0.753. The number of aryl methyl sites for hydroxylation is 1. The third kappa shape index (κ3) is 3.63. The lowest BCUT2D eigenvalue weighted by Gasteiger charge is -2.30. The van der Waals surface area contributed by atoms with Gasteiger partial charge in [0.25, 0.3) is 5.91 Å². The third-order valence-electron chi connectivity index (χ3n) is 5.46. The van der Waals surface area contributed by atoms with Gasteiger partial charge in [-0.25, -0.2) is 0 Å². The first-order valence-corrected chi connectivity index (χ1v) is 10.6. The highest BCUT2D eigenvalue weighted by Crippen LogP contribution is 2.27. The van der Waals surface area contributed by atoms with Gasteiger partial charge >= 0.3 is 0 Å². The summed E-state index contributed by atoms with van der Waals surface area (Å²) in [4.78, 5) is 15.4. The topological polar surface area (TPSA) is 51.5 Å². The van der Waals surface area contributed by atoms with Crippen LogP contribution in [0.5, 0.6) is 0 Å². The molecule has 6 heteroatoms. The molecule has 1 unspecified atom stereocenters. The van der Waals surface area contributed by atoms with Crippen molar-refractivity contribution in [3.05, 3.63) is 30.0 Å². The molecule has 1 fully saturated rings. The summed E-state index contributed by atoms with van der Waals surface area (Å²) in [6.07, 6.45) is 2.20. The molecule has 3 rings (SSSR count). The van der Waals surface area contributed by atoms with Crippen LogP contribution < -0.4 is 0 Å². The van der Waals surface area contributed by atoms with E-state index < -0.39 is 11.4 Å². The highest BCUT2D eigenvalue weighted by atomic mass is 32.2. The first kappa shape index (κ1) is 19.3. The number of hydrogen-bond donors (Lipinski definition) is 0. The molecule has 0 N–H and O–H groups in total. The average Bonchev–Trinajstić information content (AvgIpc) is 2.99. The number of amides is 1. The van der Waals surface area contributed by atoms with E-state index in [-0.39, 0.29) is 5.91 Å². The van der Waals surface area contributed by atoms with Crippen molar-refractivity contribution < 1.29 is 9.35 Å². The molecule has 2 heterocycles. The number of carbonyl (C=O) groups is 1. The Morgan fingerprint density at radius 3 is 2.50 bits per heavy atom. The van der Waals surface area contributed by atoms with Crippen molar-refractivity contribution in [1.82, 2.24) is 13.8 Å². The van der Waals surface area contributed by atoms with Crippen molar-refractivity contribution in [2.24, 2.45) is 13.0 Å². The molecule has 142 valence electrons. The zero-order chi connectivity index (χ0) is 18.8. The molecule has 1 atom stereocenters. The van der Waals surface area contributed by atoms with E-state index in [1.807, 2.05) is 54.6 Å². The Hall–Kier alpha value is -1.50. The van der Waals surface area contributed by atoms with Crippen LogP contribution in [-0.4, -0.2) is 50.4 Å². The van der Waals surface area contributed by atoms with Gasteiger partial charge in [0, 0.05) is 50.2 Å². The van der Waals surface area contributed by atoms with Crippen LogP contribution in [0.4, 0.5) is 0 Å². The van der Waals surface area contributed by atoms with Gasteiger partial charge in [-0.1, -0.05) is 6.92 Å². The maximum Gasteiger partial charge on any atom is 0.270 e. The molecule has 1 saturated heterocycles. The first-order chi connectivity index (χ1) is 12.5. The van der Waals surface area contributed by atoms with Crippen molar-refractivity contribution in [2.45, 2.75) is 38.5 Å². The Kier molecular flexibility index (Phi) is 5.95. The largest absolute Gasteiger partial charge is 0.593 e. The summed E-state index contributed by atoms with van der Waals surface area (Å²) in [7, 11) is 1.92. The fourth-order valence-corrected chi connectivity index (χ4v) is 4.87. The van der Waals surface area contributed by atoms with Crippen molar-refractivity contribution in [3.8, 4) is 0 Å². The summed E-state index contributed by atoms with van der Waals surface area (Å²) >= 11 is -1.13. The minimum atomic E-state index is -1.13. The maximum atomic E-state index is 12.9. The van der Waals surface area contributed by atoms with Gasteiger partial charge in [0.2, 0.25) is 0 Å². The predicted octanol–water partition coefficient (Wildman–Crippen LogP) is 3.41. The van der Waals surface area contributed by atoms with E-state index in [2.05, 4.69) is 11.2 Å². The molecule has 0 spiro atoms. The highest BCUT2D eigenvalue weighted by Gasteiger charge is 2.27. The van der Waals surface area contributed by atoms with Crippen molar-refractivity contribution in [2.75, 3.05) is 26.2 Å². The minimum Gasteiger partial charge on any atom is -0.593 e. The van der Waals surface area contributed by atoms with E-state index in [4.69, 9.17) is 0 Å². The molecule has 0 saturated carbocycles. The lowest BCUT2D eigenvalue weighted by Crippen LogP contribution is -2.37. The molecule has 1 aromatic heterocycles. The zero-order valence-electron chi connectivity index (χ0n) is 16.2. The highest BCUT2D eigenvalue weighted by molar-refractivity contribution is 7.89. The van der Waals surface area contributed by atoms with Crippen LogP contribution in [0.1, 0.15) is 44.1 Å². The maximum absolute atomic E-state index is 12.9. The van der Waals surface area contributed by atoms with Gasteiger partial charge in [0.1, 0.15) is 5.69 Å². The number of piperidine rings is 1. The van der Waals surface area contributed by atoms with Gasteiger partial charge in [-0.15, -0.1) is 4.31 Å². The van der Waals surface area contributed by atoms with Crippen molar-refractivity contribution in [3.63, 3.8) is 0 Å². The second-order valence-corrected chi connectivity index (χ2v) is 8.63. The number of hydrogen-bond acceptors (Lipinski definition) is 3. The first-order valence-electron chi connectivity index (χ1n) is 9.51. The van der Waals surface area contributed by atoms with Crippen LogP contribution in [0.25, 0.3) is 10.9 Å². The predicted molar refractivity (Wildman–Crippen MR) is 107 cm³/mol. The second kappa shape index (κ2) is 8.03. The molecular formula is C20H29N3O2S. The minimum absolute atomic E-state index is 0.0430. The lowest BCUT2D eigenvalue weighted by molar-refractivity contribution is 0.0764. The van der Waals surface area contributed by atoms with Gasteiger partial charge in [0.05, 0.1) is 11.4 Å². The fraction of sp³-hybridized carbons (Fsp3) is 0.550. The summed E-state index contributed by atoms with van der Waals surface area (Å²) < 4.78 is 16.9. The van der Waals surface area contributed by atoms with E-state index in [0.717, 1.165) is 41.7 Å². The van der Waals surface area contributed by atoms with Crippen LogP contribution in [0, 0.1) is 5.92 Å². The summed E-state index contributed by atoms with van der Waals surface area (Å²) in [6, 6.07) is 7.81. The monoisotopic (exact) mass is 375 g/mol. The number of carbonyl (C=O) groups excluding carboxylic acids is 1. The summed E-state index contributed by atoms with van der Waals surface area (Å²) in [5, 5.41) is 0.972. The van der Waals surface area contributed by atoms with E-state index in [1.54, 1.807) is 0 Å². The van der Waals surface area contributed by atoms with Crippen LogP contribution in [0.3, 0.4) is 0 Å². The zero-order valence-corrected chi connectivity index (χ0v) is 17.0. The number of aromatic nitrogens is 1. The van der Waals surface area contributed by atoms with E-state index in [0.29, 0.717) is 24.7 Å². The van der Waals surface area contributed by atoms with Crippen LogP contribution in [-0.2, 0) is 18.4 Å². The Balaban J connectivity index is 1.88. The molecule has 1 aliphatic heterocycles. The molecule has 2 aromatic rings.